The van der Waals surface area contributed by atoms with Gasteiger partial charge in [-0.3, -0.25) is 10.0 Å². The summed E-state index contributed by atoms with van der Waals surface area (Å²) in [7, 11) is 0. The molecule has 0 saturated heterocycles. The molecule has 132 valence electrons. The Balaban J connectivity index is 1.91. The van der Waals surface area contributed by atoms with Crippen LogP contribution in [0, 0.1) is 0 Å². The van der Waals surface area contributed by atoms with E-state index in [9.17, 15) is 4.79 Å². The number of rotatable bonds is 10. The Morgan fingerprint density at radius 2 is 2.12 bits per heavy atom. The van der Waals surface area contributed by atoms with Gasteiger partial charge in [0.1, 0.15) is 0 Å². The van der Waals surface area contributed by atoms with E-state index in [-0.39, 0.29) is 11.2 Å². The molecule has 8 nitrogen and oxygen atoms in total. The highest BCUT2D eigenvalue weighted by atomic mass is 35.5. The van der Waals surface area contributed by atoms with Crippen molar-refractivity contribution in [3.8, 4) is 0 Å². The lowest BCUT2D eigenvalue weighted by Crippen LogP contribution is -2.17. The van der Waals surface area contributed by atoms with Crippen LogP contribution in [0.15, 0.2) is 6.33 Å². The predicted octanol–water partition coefficient (Wildman–Crippen LogP) is 2.76. The van der Waals surface area contributed by atoms with E-state index < -0.39 is 0 Å². The minimum Gasteiger partial charge on any atom is -0.368 e. The highest BCUT2D eigenvalue weighted by Crippen LogP contribution is 2.21. The van der Waals surface area contributed by atoms with Crippen LogP contribution in [0.2, 0.25) is 5.28 Å². The lowest BCUT2D eigenvalue weighted by atomic mass is 10.2. The number of carbonyl (C=O) groups is 1. The van der Waals surface area contributed by atoms with Gasteiger partial charge in [-0.15, -0.1) is 0 Å². The number of fused-ring (bicyclic) bond motifs is 1. The maximum absolute atomic E-state index is 10.9. The second-order valence-corrected chi connectivity index (χ2v) is 5.92. The van der Waals surface area contributed by atoms with Crippen LogP contribution >= 0.6 is 11.6 Å². The Morgan fingerprint density at radius 3 is 2.88 bits per heavy atom. The summed E-state index contributed by atoms with van der Waals surface area (Å²) < 4.78 is 1.99. The Bertz CT molecular complexity index is 675. The highest BCUT2D eigenvalue weighted by Gasteiger charge is 2.12. The van der Waals surface area contributed by atoms with Crippen LogP contribution in [0.3, 0.4) is 0 Å². The van der Waals surface area contributed by atoms with Gasteiger partial charge in [0.25, 0.3) is 0 Å². The van der Waals surface area contributed by atoms with Gasteiger partial charge in [-0.05, 0) is 30.9 Å². The number of anilines is 1. The predicted molar refractivity (Wildman–Crippen MR) is 92.1 cm³/mol. The summed E-state index contributed by atoms with van der Waals surface area (Å²) in [5, 5.41) is 11.9. The monoisotopic (exact) mass is 354 g/mol. The average Bonchev–Trinajstić information content (AvgIpc) is 2.98. The summed E-state index contributed by atoms with van der Waals surface area (Å²) in [6, 6.07) is 0. The zero-order valence-corrected chi connectivity index (χ0v) is 14.5. The third-order valence-corrected chi connectivity index (χ3v) is 3.86. The van der Waals surface area contributed by atoms with E-state index in [1.165, 1.54) is 0 Å². The Kier molecular flexibility index (Phi) is 7.20. The smallest absolute Gasteiger partial charge is 0.243 e. The van der Waals surface area contributed by atoms with Crippen LogP contribution in [-0.2, 0) is 11.3 Å². The minimum atomic E-state index is -0.357. The van der Waals surface area contributed by atoms with E-state index in [1.54, 1.807) is 11.8 Å². The Hall–Kier alpha value is -1.93. The van der Waals surface area contributed by atoms with Gasteiger partial charge >= 0.3 is 0 Å². The number of nitrogens with one attached hydrogen (secondary N) is 2. The number of hydrogen-bond acceptors (Lipinski definition) is 6. The van der Waals surface area contributed by atoms with Crippen LogP contribution in [0.25, 0.3) is 11.2 Å². The Labute approximate surface area is 145 Å². The SMILES string of the molecule is CCCCn1cnc2c(NCCCCCC(=O)NO)nc(Cl)nc21. The number of carbonyl (C=O) groups excluding carboxylic acids is 1. The van der Waals surface area contributed by atoms with E-state index in [1.807, 2.05) is 4.57 Å². The van der Waals surface area contributed by atoms with Gasteiger partial charge < -0.3 is 9.88 Å². The molecule has 9 heteroatoms. The highest BCUT2D eigenvalue weighted by molar-refractivity contribution is 6.28. The fourth-order valence-corrected chi connectivity index (χ4v) is 2.55. The van der Waals surface area contributed by atoms with Gasteiger partial charge in [0.05, 0.1) is 6.33 Å². The fourth-order valence-electron chi connectivity index (χ4n) is 2.38. The summed E-state index contributed by atoms with van der Waals surface area (Å²) in [5.41, 5.74) is 3.09. The molecule has 2 rings (SSSR count). The summed E-state index contributed by atoms with van der Waals surface area (Å²) in [4.78, 5) is 23.8. The summed E-state index contributed by atoms with van der Waals surface area (Å²) in [6.45, 7) is 3.69. The van der Waals surface area contributed by atoms with Crippen molar-refractivity contribution in [3.63, 3.8) is 0 Å². The van der Waals surface area contributed by atoms with Gasteiger partial charge in [-0.1, -0.05) is 19.8 Å². The van der Waals surface area contributed by atoms with Crippen molar-refractivity contribution in [1.82, 2.24) is 25.0 Å². The average molecular weight is 355 g/mol. The zero-order chi connectivity index (χ0) is 17.4. The molecule has 0 spiro atoms. The molecule has 2 heterocycles. The summed E-state index contributed by atoms with van der Waals surface area (Å²) >= 11 is 6.03. The van der Waals surface area contributed by atoms with E-state index in [4.69, 9.17) is 16.8 Å². The van der Waals surface area contributed by atoms with Crippen molar-refractivity contribution in [2.75, 3.05) is 11.9 Å². The number of hydroxylamine groups is 1. The normalized spacial score (nSPS) is 11.0. The number of halogens is 1. The zero-order valence-electron chi connectivity index (χ0n) is 13.8. The van der Waals surface area contributed by atoms with Crippen LogP contribution < -0.4 is 10.8 Å². The molecular weight excluding hydrogens is 332 g/mol. The van der Waals surface area contributed by atoms with Crippen molar-refractivity contribution in [1.29, 1.82) is 0 Å². The van der Waals surface area contributed by atoms with Gasteiger partial charge in [-0.2, -0.15) is 9.97 Å². The standard InChI is InChI=1S/C15H23ClN6O2/c1-2-3-9-22-10-18-12-13(19-15(16)20-14(12)22)17-8-6-4-5-7-11(23)21-24/h10,24H,2-9H2,1H3,(H,21,23)(H,17,19,20). The van der Waals surface area contributed by atoms with Crippen LogP contribution in [0.1, 0.15) is 45.4 Å². The lowest BCUT2D eigenvalue weighted by Gasteiger charge is -2.07. The maximum atomic E-state index is 10.9. The van der Waals surface area contributed by atoms with Crippen molar-refractivity contribution in [2.24, 2.45) is 0 Å². The first-order valence-corrected chi connectivity index (χ1v) is 8.58. The molecule has 3 N–H and O–H groups in total. The quantitative estimate of drug-likeness (QED) is 0.262. The van der Waals surface area contributed by atoms with Crippen LogP contribution in [0.5, 0.6) is 0 Å². The van der Waals surface area contributed by atoms with Crippen molar-refractivity contribution in [3.05, 3.63) is 11.6 Å². The maximum Gasteiger partial charge on any atom is 0.243 e. The molecule has 2 aromatic rings. The van der Waals surface area contributed by atoms with Crippen molar-refractivity contribution < 1.29 is 10.0 Å². The number of amides is 1. The number of aryl methyl sites for hydroxylation is 1. The summed E-state index contributed by atoms with van der Waals surface area (Å²) in [6.07, 6.45) is 6.70. The minimum absolute atomic E-state index is 0.197. The van der Waals surface area contributed by atoms with E-state index in [2.05, 4.69) is 27.2 Å². The van der Waals surface area contributed by atoms with E-state index in [0.29, 0.717) is 18.8 Å². The number of aromatic nitrogens is 4. The molecule has 0 bridgehead atoms. The molecule has 0 aliphatic carbocycles. The molecule has 24 heavy (non-hydrogen) atoms. The number of nitrogens with zero attached hydrogens (tertiary/aromatic N) is 4. The topological polar surface area (TPSA) is 105 Å². The van der Waals surface area contributed by atoms with Gasteiger partial charge in [0.15, 0.2) is 17.0 Å². The molecule has 0 radical (unpaired) electrons. The second kappa shape index (κ2) is 9.39. The largest absolute Gasteiger partial charge is 0.368 e. The number of hydrogen-bond donors (Lipinski definition) is 3. The first-order valence-electron chi connectivity index (χ1n) is 8.21. The van der Waals surface area contributed by atoms with Crippen LogP contribution in [0.4, 0.5) is 5.82 Å². The lowest BCUT2D eigenvalue weighted by molar-refractivity contribution is -0.129. The molecule has 0 atom stereocenters. The fraction of sp³-hybridized carbons (Fsp3) is 0.600. The van der Waals surface area contributed by atoms with E-state index >= 15 is 0 Å². The van der Waals surface area contributed by atoms with Gasteiger partial charge in [-0.25, -0.2) is 10.5 Å². The number of imidazole rings is 1. The first kappa shape index (κ1) is 18.4. The molecular formula is C15H23ClN6O2. The van der Waals surface area contributed by atoms with E-state index in [0.717, 1.165) is 49.8 Å². The number of unbranched alkanes of at least 4 members (excludes halogenated alkanes) is 3. The summed E-state index contributed by atoms with van der Waals surface area (Å²) in [5.74, 6) is 0.276. The molecule has 0 aliphatic rings. The molecule has 0 saturated carbocycles. The third-order valence-electron chi connectivity index (χ3n) is 3.69. The van der Waals surface area contributed by atoms with Gasteiger partial charge in [0.2, 0.25) is 11.2 Å². The second-order valence-electron chi connectivity index (χ2n) is 5.58. The molecule has 0 unspecified atom stereocenters. The molecule has 0 aromatic carbocycles. The molecule has 2 aromatic heterocycles. The van der Waals surface area contributed by atoms with Crippen LogP contribution in [-0.4, -0.2) is 37.2 Å². The van der Waals surface area contributed by atoms with Crippen molar-refractivity contribution in [2.45, 2.75) is 52.0 Å². The van der Waals surface area contributed by atoms with Crippen molar-refractivity contribution >= 4 is 34.5 Å². The van der Waals surface area contributed by atoms with Gasteiger partial charge in [0, 0.05) is 19.5 Å². The molecule has 0 fully saturated rings. The molecule has 0 aliphatic heterocycles. The molecule has 1 amide bonds. The first-order chi connectivity index (χ1) is 11.7. The third kappa shape index (κ3) is 5.04. The Morgan fingerprint density at radius 1 is 1.29 bits per heavy atom.